The molecule has 4 N–H and O–H groups in total. The van der Waals surface area contributed by atoms with Crippen LogP contribution in [-0.4, -0.2) is 83.4 Å². The Bertz CT molecular complexity index is 1670. The summed E-state index contributed by atoms with van der Waals surface area (Å²) in [6.45, 7) is 13.4. The average molecular weight is 714 g/mol. The van der Waals surface area contributed by atoms with Crippen LogP contribution in [0.25, 0.3) is 28.1 Å². The molecule has 0 radical (unpaired) electrons. The van der Waals surface area contributed by atoms with E-state index in [9.17, 15) is 19.2 Å². The number of hydrogen-bond donors (Lipinski definition) is 4. The minimum absolute atomic E-state index is 0.0286. The smallest absolute Gasteiger partial charge is 0.407 e. The summed E-state index contributed by atoms with van der Waals surface area (Å²) in [6.07, 6.45) is 6.96. The maximum atomic E-state index is 13.1. The molecule has 4 amide bonds. The van der Waals surface area contributed by atoms with Crippen LogP contribution in [0.15, 0.2) is 72.1 Å². The third kappa shape index (κ3) is 11.6. The molecule has 3 rings (SSSR count). The molecule has 0 fully saturated rings. The number of carbonyl (C=O) groups excluding carboxylic acids is 4. The number of methoxy groups -OCH3 is 1. The van der Waals surface area contributed by atoms with E-state index in [-0.39, 0.29) is 30.9 Å². The second-order valence-corrected chi connectivity index (χ2v) is 12.5. The predicted molar refractivity (Wildman–Crippen MR) is 206 cm³/mol. The molecular formula is C40H55N7O5. The number of H-pyrrole nitrogens is 1. The number of ether oxygens (including phenoxy) is 1. The van der Waals surface area contributed by atoms with E-state index in [1.165, 1.54) is 7.11 Å². The number of carbonyl (C=O) groups is 4. The maximum Gasteiger partial charge on any atom is 0.407 e. The van der Waals surface area contributed by atoms with Crippen LogP contribution >= 0.6 is 0 Å². The summed E-state index contributed by atoms with van der Waals surface area (Å²) in [7, 11) is 1.26. The van der Waals surface area contributed by atoms with Crippen LogP contribution < -0.4 is 16.0 Å². The van der Waals surface area contributed by atoms with E-state index in [0.717, 1.165) is 70.6 Å². The molecule has 52 heavy (non-hydrogen) atoms. The molecule has 0 unspecified atom stereocenters. The third-order valence-electron chi connectivity index (χ3n) is 9.10. The zero-order chi connectivity index (χ0) is 38.0. The lowest BCUT2D eigenvalue weighted by molar-refractivity contribution is -0.133. The Labute approximate surface area is 308 Å². The summed E-state index contributed by atoms with van der Waals surface area (Å²) in [5, 5.41) is 8.61. The lowest BCUT2D eigenvalue weighted by Gasteiger charge is -2.33. The Kier molecular flexibility index (Phi) is 16.6. The molecule has 3 aromatic rings. The summed E-state index contributed by atoms with van der Waals surface area (Å²) in [5.74, 6) is 0.331. The van der Waals surface area contributed by atoms with Gasteiger partial charge in [-0.3, -0.25) is 14.4 Å². The Hall–Kier alpha value is -5.39. The summed E-state index contributed by atoms with van der Waals surface area (Å²) in [5.41, 5.74) is 8.04. The Morgan fingerprint density at radius 1 is 0.923 bits per heavy atom. The highest BCUT2D eigenvalue weighted by atomic mass is 16.5. The maximum absolute atomic E-state index is 13.1. The summed E-state index contributed by atoms with van der Waals surface area (Å²) in [4.78, 5) is 59.5. The number of aromatic amines is 1. The number of alkyl carbamates (subject to hydrolysis) is 1. The fourth-order valence-corrected chi connectivity index (χ4v) is 5.87. The van der Waals surface area contributed by atoms with Crippen LogP contribution in [-0.2, 0) is 25.7 Å². The molecule has 0 saturated carbocycles. The zero-order valence-corrected chi connectivity index (χ0v) is 31.7. The van der Waals surface area contributed by atoms with E-state index in [1.807, 2.05) is 37.0 Å². The number of rotatable bonds is 20. The monoisotopic (exact) mass is 713 g/mol. The van der Waals surface area contributed by atoms with Gasteiger partial charge >= 0.3 is 6.09 Å². The van der Waals surface area contributed by atoms with Crippen molar-refractivity contribution >= 4 is 30.0 Å². The van der Waals surface area contributed by atoms with Gasteiger partial charge in [-0.25, -0.2) is 9.78 Å². The Morgan fingerprint density at radius 2 is 1.56 bits per heavy atom. The number of hydrogen-bond acceptors (Lipinski definition) is 7. The Morgan fingerprint density at radius 3 is 2.12 bits per heavy atom. The van der Waals surface area contributed by atoms with Crippen LogP contribution in [0.2, 0.25) is 0 Å². The topological polar surface area (TPSA) is 149 Å². The van der Waals surface area contributed by atoms with Gasteiger partial charge in [-0.2, -0.15) is 0 Å². The molecular weight excluding hydrogens is 658 g/mol. The standard InChI is InChI=1S/C40H55N7O5/c1-8-21-46(38(49)24-43-40(51)52-7)26-37-42-22-35(45-37)32-19-15-30(16-20-32)29-13-17-31(18-14-29)34(12-5)44-36(28(6)9-2)25-47(33(10-3)11-4)39(50)23-41-27-48/h12-20,22,27,33,44H,8-11,21,23-26H2,1-7H3,(H,41,48)(H,42,45)(H,43,51)/b34-12-,36-28+. The van der Waals surface area contributed by atoms with E-state index >= 15 is 0 Å². The van der Waals surface area contributed by atoms with Gasteiger partial charge in [0.15, 0.2) is 0 Å². The van der Waals surface area contributed by atoms with Gasteiger partial charge in [0.25, 0.3) is 0 Å². The molecule has 0 bridgehead atoms. The minimum atomic E-state index is -0.648. The van der Waals surface area contributed by atoms with Gasteiger partial charge in [0, 0.05) is 24.0 Å². The minimum Gasteiger partial charge on any atom is -0.453 e. The molecule has 0 saturated heterocycles. The second kappa shape index (κ2) is 21.1. The largest absolute Gasteiger partial charge is 0.453 e. The van der Waals surface area contributed by atoms with Crippen molar-refractivity contribution in [1.29, 1.82) is 0 Å². The van der Waals surface area contributed by atoms with Crippen LogP contribution in [0.4, 0.5) is 4.79 Å². The van der Waals surface area contributed by atoms with Gasteiger partial charge in [-0.05, 0) is 61.8 Å². The van der Waals surface area contributed by atoms with Crippen LogP contribution in [0.5, 0.6) is 0 Å². The van der Waals surface area contributed by atoms with Crippen molar-refractivity contribution in [1.82, 2.24) is 35.7 Å². The number of aromatic nitrogens is 2. The lowest BCUT2D eigenvalue weighted by atomic mass is 10.0. The van der Waals surface area contributed by atoms with Gasteiger partial charge in [0.2, 0.25) is 18.2 Å². The number of amides is 4. The normalized spacial score (nSPS) is 11.8. The van der Waals surface area contributed by atoms with E-state index in [2.05, 4.69) is 94.7 Å². The molecule has 0 aliphatic heterocycles. The van der Waals surface area contributed by atoms with E-state index in [0.29, 0.717) is 31.9 Å². The summed E-state index contributed by atoms with van der Waals surface area (Å²) in [6, 6.07) is 16.7. The van der Waals surface area contributed by atoms with Crippen molar-refractivity contribution in [2.24, 2.45) is 0 Å². The first kappa shape index (κ1) is 41.0. The number of nitrogens with one attached hydrogen (secondary N) is 4. The predicted octanol–water partition coefficient (Wildman–Crippen LogP) is 6.24. The highest BCUT2D eigenvalue weighted by molar-refractivity contribution is 5.82. The molecule has 0 spiro atoms. The number of allylic oxidation sites excluding steroid dienone is 2. The fraction of sp³-hybridized carbons (Fsp3) is 0.425. The van der Waals surface area contributed by atoms with Gasteiger partial charge in [-0.15, -0.1) is 0 Å². The number of imidazole rings is 1. The molecule has 1 heterocycles. The van der Waals surface area contributed by atoms with Gasteiger partial charge in [-0.1, -0.05) is 87.9 Å². The van der Waals surface area contributed by atoms with Crippen molar-refractivity contribution in [2.75, 3.05) is 33.3 Å². The van der Waals surface area contributed by atoms with Crippen LogP contribution in [0.3, 0.4) is 0 Å². The van der Waals surface area contributed by atoms with Crippen LogP contribution in [0, 0.1) is 0 Å². The zero-order valence-electron chi connectivity index (χ0n) is 31.7. The summed E-state index contributed by atoms with van der Waals surface area (Å²) < 4.78 is 4.56. The number of nitrogens with zero attached hydrogens (tertiary/aromatic N) is 3. The van der Waals surface area contributed by atoms with Gasteiger partial charge in [0.05, 0.1) is 38.6 Å². The van der Waals surface area contributed by atoms with E-state index < -0.39 is 6.09 Å². The van der Waals surface area contributed by atoms with Crippen molar-refractivity contribution in [3.8, 4) is 22.4 Å². The molecule has 0 atom stereocenters. The first-order valence-corrected chi connectivity index (χ1v) is 18.1. The fourth-order valence-electron chi connectivity index (χ4n) is 5.87. The van der Waals surface area contributed by atoms with Crippen molar-refractivity contribution in [2.45, 2.75) is 79.8 Å². The quantitative estimate of drug-likeness (QED) is 0.101. The second-order valence-electron chi connectivity index (χ2n) is 12.5. The van der Waals surface area contributed by atoms with Gasteiger partial charge in [0.1, 0.15) is 12.4 Å². The highest BCUT2D eigenvalue weighted by Gasteiger charge is 2.23. The first-order chi connectivity index (χ1) is 25.1. The molecule has 0 aliphatic rings. The molecule has 280 valence electrons. The molecule has 2 aromatic carbocycles. The van der Waals surface area contributed by atoms with Crippen molar-refractivity contribution in [3.63, 3.8) is 0 Å². The van der Waals surface area contributed by atoms with E-state index in [4.69, 9.17) is 0 Å². The van der Waals surface area contributed by atoms with Gasteiger partial charge < -0.3 is 35.5 Å². The molecule has 1 aromatic heterocycles. The molecule has 0 aliphatic carbocycles. The third-order valence-corrected chi connectivity index (χ3v) is 9.10. The van der Waals surface area contributed by atoms with Crippen LogP contribution in [0.1, 0.15) is 78.6 Å². The lowest BCUT2D eigenvalue weighted by Crippen LogP contribution is -2.46. The Balaban J connectivity index is 1.73. The highest BCUT2D eigenvalue weighted by Crippen LogP contribution is 2.26. The SMILES string of the molecule is C/C=C(\N/C(CN(C(=O)CNC=O)C(CC)CC)=C(\C)CC)c1ccc(-c2ccc(-c3cnc(CN(CCC)C(=O)CNC(=O)OC)[nH]3)cc2)cc1. The van der Waals surface area contributed by atoms with Crippen molar-refractivity contribution < 1.29 is 23.9 Å². The first-order valence-electron chi connectivity index (χ1n) is 18.1. The molecule has 12 nitrogen and oxygen atoms in total. The molecule has 12 heteroatoms. The average Bonchev–Trinajstić information content (AvgIpc) is 3.65. The number of benzene rings is 2. The summed E-state index contributed by atoms with van der Waals surface area (Å²) >= 11 is 0. The van der Waals surface area contributed by atoms with Crippen molar-refractivity contribution in [3.05, 3.63) is 83.5 Å². The van der Waals surface area contributed by atoms with E-state index in [1.54, 1.807) is 11.1 Å².